The molecular weight excluding hydrogens is 212 g/mol. The molecule has 1 unspecified atom stereocenters. The topological polar surface area (TPSA) is 62.0 Å². The lowest BCUT2D eigenvalue weighted by molar-refractivity contribution is 0.476. The van der Waals surface area contributed by atoms with Crippen LogP contribution < -0.4 is 5.73 Å². The minimum absolute atomic E-state index is 0.194. The molecule has 3 nitrogen and oxygen atoms in total. The zero-order chi connectivity index (χ0) is 12.4. The van der Waals surface area contributed by atoms with Gasteiger partial charge in [0, 0.05) is 22.6 Å². The Morgan fingerprint density at radius 3 is 2.88 bits per heavy atom. The molecule has 1 atom stereocenters. The fourth-order valence-corrected chi connectivity index (χ4v) is 2.37. The van der Waals surface area contributed by atoms with Crippen LogP contribution in [0.4, 0.5) is 0 Å². The van der Waals surface area contributed by atoms with E-state index in [1.165, 1.54) is 5.56 Å². The summed E-state index contributed by atoms with van der Waals surface area (Å²) in [6.45, 7) is 4.21. The molecule has 0 fully saturated rings. The van der Waals surface area contributed by atoms with Crippen LogP contribution in [0.25, 0.3) is 10.9 Å². The molecule has 0 saturated carbocycles. The van der Waals surface area contributed by atoms with Gasteiger partial charge in [-0.25, -0.2) is 0 Å². The molecule has 3 heteroatoms. The van der Waals surface area contributed by atoms with Gasteiger partial charge < -0.3 is 15.8 Å². The minimum atomic E-state index is 0.194. The van der Waals surface area contributed by atoms with Crippen molar-refractivity contribution in [2.75, 3.05) is 0 Å². The SMILES string of the molecule is CCCC(N)Cc1c(C)[nH]c2ccc(O)cc12. The predicted molar refractivity (Wildman–Crippen MR) is 71.3 cm³/mol. The van der Waals surface area contributed by atoms with Gasteiger partial charge in [-0.05, 0) is 43.5 Å². The fraction of sp³-hybridized carbons (Fsp3) is 0.429. The number of aromatic hydroxyl groups is 1. The highest BCUT2D eigenvalue weighted by molar-refractivity contribution is 5.86. The van der Waals surface area contributed by atoms with Crippen molar-refractivity contribution in [3.8, 4) is 5.75 Å². The van der Waals surface area contributed by atoms with Crippen LogP contribution in [0.5, 0.6) is 5.75 Å². The monoisotopic (exact) mass is 232 g/mol. The lowest BCUT2D eigenvalue weighted by Crippen LogP contribution is -2.22. The molecule has 1 aromatic heterocycles. The molecule has 1 heterocycles. The second kappa shape index (κ2) is 4.80. The first-order valence-electron chi connectivity index (χ1n) is 6.17. The number of phenols is 1. The van der Waals surface area contributed by atoms with E-state index in [0.29, 0.717) is 5.75 Å². The number of H-pyrrole nitrogens is 1. The molecule has 0 saturated heterocycles. The number of aromatic nitrogens is 1. The number of nitrogens with one attached hydrogen (secondary N) is 1. The number of fused-ring (bicyclic) bond motifs is 1. The van der Waals surface area contributed by atoms with Crippen LogP contribution in [0.1, 0.15) is 31.0 Å². The maximum Gasteiger partial charge on any atom is 0.116 e. The maximum atomic E-state index is 9.56. The summed E-state index contributed by atoms with van der Waals surface area (Å²) in [6.07, 6.45) is 3.00. The van der Waals surface area contributed by atoms with Crippen molar-refractivity contribution in [3.63, 3.8) is 0 Å². The molecule has 0 aliphatic rings. The Labute approximate surface area is 102 Å². The highest BCUT2D eigenvalue weighted by Gasteiger charge is 2.12. The van der Waals surface area contributed by atoms with E-state index in [4.69, 9.17) is 5.73 Å². The van der Waals surface area contributed by atoms with E-state index in [1.54, 1.807) is 6.07 Å². The smallest absolute Gasteiger partial charge is 0.116 e. The summed E-state index contributed by atoms with van der Waals surface area (Å²) in [5.41, 5.74) is 9.55. The van der Waals surface area contributed by atoms with Crippen molar-refractivity contribution in [1.29, 1.82) is 0 Å². The third kappa shape index (κ3) is 2.44. The average Bonchev–Trinajstić information content (AvgIpc) is 2.56. The molecule has 4 N–H and O–H groups in total. The molecule has 2 aromatic rings. The summed E-state index contributed by atoms with van der Waals surface area (Å²) in [5, 5.41) is 10.6. The van der Waals surface area contributed by atoms with Crippen LogP contribution in [-0.4, -0.2) is 16.1 Å². The Bertz CT molecular complexity index is 516. The van der Waals surface area contributed by atoms with Gasteiger partial charge in [0.25, 0.3) is 0 Å². The third-order valence-electron chi connectivity index (χ3n) is 3.23. The number of nitrogens with two attached hydrogens (primary N) is 1. The average molecular weight is 232 g/mol. The lowest BCUT2D eigenvalue weighted by atomic mass is 10.0. The molecule has 0 radical (unpaired) electrons. The minimum Gasteiger partial charge on any atom is -0.508 e. The van der Waals surface area contributed by atoms with Crippen LogP contribution in [0.15, 0.2) is 18.2 Å². The van der Waals surface area contributed by atoms with Gasteiger partial charge >= 0.3 is 0 Å². The number of aromatic amines is 1. The summed E-state index contributed by atoms with van der Waals surface area (Å²) in [4.78, 5) is 3.34. The number of aryl methyl sites for hydroxylation is 1. The maximum absolute atomic E-state index is 9.56. The van der Waals surface area contributed by atoms with Crippen LogP contribution in [0.3, 0.4) is 0 Å². The Hall–Kier alpha value is -1.48. The fourth-order valence-electron chi connectivity index (χ4n) is 2.37. The first-order valence-corrected chi connectivity index (χ1v) is 6.17. The summed E-state index contributed by atoms with van der Waals surface area (Å²) in [7, 11) is 0. The zero-order valence-corrected chi connectivity index (χ0v) is 10.5. The summed E-state index contributed by atoms with van der Waals surface area (Å²) < 4.78 is 0. The van der Waals surface area contributed by atoms with E-state index in [1.807, 2.05) is 12.1 Å². The van der Waals surface area contributed by atoms with Gasteiger partial charge in [-0.2, -0.15) is 0 Å². The normalized spacial score (nSPS) is 13.1. The first kappa shape index (κ1) is 12.0. The van der Waals surface area contributed by atoms with Crippen molar-refractivity contribution in [2.45, 2.75) is 39.2 Å². The third-order valence-corrected chi connectivity index (χ3v) is 3.23. The second-order valence-electron chi connectivity index (χ2n) is 4.71. The van der Waals surface area contributed by atoms with Gasteiger partial charge in [0.1, 0.15) is 5.75 Å². The highest BCUT2D eigenvalue weighted by atomic mass is 16.3. The summed E-state index contributed by atoms with van der Waals surface area (Å²) in [5.74, 6) is 0.307. The Morgan fingerprint density at radius 1 is 1.41 bits per heavy atom. The van der Waals surface area contributed by atoms with Crippen molar-refractivity contribution in [3.05, 3.63) is 29.5 Å². The number of hydrogen-bond donors (Lipinski definition) is 3. The predicted octanol–water partition coefficient (Wildman–Crippen LogP) is 2.85. The standard InChI is InChI=1S/C14H20N2O/c1-3-4-10(15)7-12-9(2)16-14-6-5-11(17)8-13(12)14/h5-6,8,10,16-17H,3-4,7,15H2,1-2H3. The van der Waals surface area contributed by atoms with Gasteiger partial charge in [0.05, 0.1) is 0 Å². The van der Waals surface area contributed by atoms with E-state index < -0.39 is 0 Å². The first-order chi connectivity index (χ1) is 8.11. The van der Waals surface area contributed by atoms with E-state index in [9.17, 15) is 5.11 Å². The molecule has 92 valence electrons. The number of phenolic OH excluding ortho intramolecular Hbond substituents is 1. The Morgan fingerprint density at radius 2 is 2.18 bits per heavy atom. The van der Waals surface area contributed by atoms with E-state index in [-0.39, 0.29) is 6.04 Å². The molecule has 1 aromatic carbocycles. The van der Waals surface area contributed by atoms with E-state index >= 15 is 0 Å². The number of rotatable bonds is 4. The molecule has 2 rings (SSSR count). The summed E-state index contributed by atoms with van der Waals surface area (Å²) >= 11 is 0. The zero-order valence-electron chi connectivity index (χ0n) is 10.5. The highest BCUT2D eigenvalue weighted by Crippen LogP contribution is 2.26. The van der Waals surface area contributed by atoms with E-state index in [2.05, 4.69) is 18.8 Å². The Kier molecular flexibility index (Phi) is 3.38. The second-order valence-corrected chi connectivity index (χ2v) is 4.71. The van der Waals surface area contributed by atoms with Crippen molar-refractivity contribution < 1.29 is 5.11 Å². The van der Waals surface area contributed by atoms with Crippen LogP contribution >= 0.6 is 0 Å². The van der Waals surface area contributed by atoms with Gasteiger partial charge in [-0.3, -0.25) is 0 Å². The molecular formula is C14H20N2O. The lowest BCUT2D eigenvalue weighted by Gasteiger charge is -2.10. The van der Waals surface area contributed by atoms with Crippen molar-refractivity contribution in [1.82, 2.24) is 4.98 Å². The van der Waals surface area contributed by atoms with Gasteiger partial charge in [0.15, 0.2) is 0 Å². The molecule has 0 aliphatic heterocycles. The van der Waals surface area contributed by atoms with E-state index in [0.717, 1.165) is 35.9 Å². The van der Waals surface area contributed by atoms with Gasteiger partial charge in [-0.1, -0.05) is 13.3 Å². The quantitative estimate of drug-likeness (QED) is 0.759. The number of benzene rings is 1. The van der Waals surface area contributed by atoms with Crippen LogP contribution in [-0.2, 0) is 6.42 Å². The van der Waals surface area contributed by atoms with Crippen LogP contribution in [0.2, 0.25) is 0 Å². The molecule has 17 heavy (non-hydrogen) atoms. The molecule has 0 aliphatic carbocycles. The molecule has 0 bridgehead atoms. The van der Waals surface area contributed by atoms with Gasteiger partial charge in [0.2, 0.25) is 0 Å². The molecule has 0 amide bonds. The molecule has 0 spiro atoms. The largest absolute Gasteiger partial charge is 0.508 e. The van der Waals surface area contributed by atoms with Crippen LogP contribution in [0, 0.1) is 6.92 Å². The Balaban J connectivity index is 2.38. The van der Waals surface area contributed by atoms with Crippen molar-refractivity contribution >= 4 is 10.9 Å². The van der Waals surface area contributed by atoms with Crippen molar-refractivity contribution in [2.24, 2.45) is 5.73 Å². The van der Waals surface area contributed by atoms with Gasteiger partial charge in [-0.15, -0.1) is 0 Å². The summed E-state index contributed by atoms with van der Waals surface area (Å²) in [6, 6.07) is 5.62. The number of hydrogen-bond acceptors (Lipinski definition) is 2.